The Morgan fingerprint density at radius 2 is 1.84 bits per heavy atom. The molecule has 4 heterocycles. The van der Waals surface area contributed by atoms with E-state index in [1.165, 1.54) is 4.31 Å². The van der Waals surface area contributed by atoms with E-state index in [2.05, 4.69) is 43.7 Å². The second-order valence-electron chi connectivity index (χ2n) is 11.6. The first-order valence-corrected chi connectivity index (χ1v) is 16.2. The van der Waals surface area contributed by atoms with Gasteiger partial charge in [0, 0.05) is 92.5 Å². The normalized spacial score (nSPS) is 19.9. The van der Waals surface area contributed by atoms with Gasteiger partial charge in [0.2, 0.25) is 10.0 Å². The molecule has 2 aromatic carbocycles. The van der Waals surface area contributed by atoms with Gasteiger partial charge in [-0.05, 0) is 56.8 Å². The average Bonchev–Trinajstić information content (AvgIpc) is 3.66. The fourth-order valence-electron chi connectivity index (χ4n) is 6.10. The summed E-state index contributed by atoms with van der Waals surface area (Å²) in [5.41, 5.74) is 4.25. The number of hydrogen-bond acceptors (Lipinski definition) is 8. The number of nitrogens with one attached hydrogen (secondary N) is 3. The highest BCUT2D eigenvalue weighted by Crippen LogP contribution is 2.30. The highest BCUT2D eigenvalue weighted by molar-refractivity contribution is 7.89. The van der Waals surface area contributed by atoms with Gasteiger partial charge < -0.3 is 20.4 Å². The van der Waals surface area contributed by atoms with E-state index in [0.29, 0.717) is 41.9 Å². The monoisotopic (exact) mass is 613 g/mol. The van der Waals surface area contributed by atoms with Crippen LogP contribution in [0.15, 0.2) is 41.3 Å². The first kappa shape index (κ1) is 29.7. The third-order valence-corrected chi connectivity index (χ3v) is 10.5. The van der Waals surface area contributed by atoms with Gasteiger partial charge in [-0.1, -0.05) is 0 Å². The second kappa shape index (κ2) is 12.3. The number of H-pyrrole nitrogens is 1. The number of anilines is 2. The maximum atomic E-state index is 13.8. The molecule has 13 heteroatoms. The highest BCUT2D eigenvalue weighted by atomic mass is 32.2. The van der Waals surface area contributed by atoms with E-state index in [1.807, 2.05) is 12.1 Å². The largest absolute Gasteiger partial charge is 0.383 e. The van der Waals surface area contributed by atoms with Gasteiger partial charge in [0.05, 0.1) is 17.0 Å². The standard InChI is InChI=1S/C30H37F2N7O3S/c1-37-9-11-38(12-10-37)23-4-5-25(28(16-23)34-18-22-3-2-7-33-22)30(40)17-29-26-19-39(8-6-27(26)35-36-29)43(41,42)24-14-20(31)13-21(32)15-24/h4-5,13-16,22,33-34H,2-3,6-12,17-19H2,1H3,(H,35,36)/t22-/m0/s1. The molecule has 1 atom stereocenters. The number of carbonyl (C=O) groups is 1. The molecule has 0 saturated carbocycles. The number of likely N-dealkylation sites (N-methyl/N-ethyl adjacent to an activating group) is 1. The molecule has 3 aromatic rings. The van der Waals surface area contributed by atoms with Crippen molar-refractivity contribution in [2.45, 2.75) is 43.2 Å². The zero-order valence-electron chi connectivity index (χ0n) is 24.2. The molecule has 2 saturated heterocycles. The summed E-state index contributed by atoms with van der Waals surface area (Å²) >= 11 is 0. The zero-order valence-corrected chi connectivity index (χ0v) is 25.0. The number of aromatic amines is 1. The van der Waals surface area contributed by atoms with Crippen LogP contribution >= 0.6 is 0 Å². The summed E-state index contributed by atoms with van der Waals surface area (Å²) in [6.45, 7) is 5.54. The Morgan fingerprint density at radius 1 is 1.07 bits per heavy atom. The van der Waals surface area contributed by atoms with Crippen molar-refractivity contribution < 1.29 is 22.0 Å². The predicted molar refractivity (Wildman–Crippen MR) is 160 cm³/mol. The molecule has 3 aliphatic rings. The van der Waals surface area contributed by atoms with Crippen molar-refractivity contribution in [2.75, 3.05) is 63.1 Å². The molecule has 43 heavy (non-hydrogen) atoms. The summed E-state index contributed by atoms with van der Waals surface area (Å²) in [5.74, 6) is -2.05. The lowest BCUT2D eigenvalue weighted by atomic mass is 9.99. The van der Waals surface area contributed by atoms with E-state index in [1.54, 1.807) is 0 Å². The van der Waals surface area contributed by atoms with Gasteiger partial charge in [-0.2, -0.15) is 9.40 Å². The number of rotatable bonds is 9. The molecule has 3 N–H and O–H groups in total. The van der Waals surface area contributed by atoms with Crippen LogP contribution in [0, 0.1) is 11.6 Å². The molecule has 10 nitrogen and oxygen atoms in total. The number of hydrogen-bond donors (Lipinski definition) is 3. The van der Waals surface area contributed by atoms with Gasteiger partial charge in [-0.25, -0.2) is 17.2 Å². The second-order valence-corrected chi connectivity index (χ2v) is 13.6. The minimum absolute atomic E-state index is 0.0153. The van der Waals surface area contributed by atoms with E-state index >= 15 is 0 Å². The Labute approximate surface area is 250 Å². The van der Waals surface area contributed by atoms with Crippen LogP contribution in [0.1, 0.15) is 40.2 Å². The SMILES string of the molecule is CN1CCN(c2ccc(C(=O)Cc3n[nH]c4c3CN(S(=O)(=O)c3cc(F)cc(F)c3)CC4)c(NC[C@@H]3CCCN3)c2)CC1. The fourth-order valence-corrected chi connectivity index (χ4v) is 7.55. The number of sulfonamides is 1. The number of piperazine rings is 1. The summed E-state index contributed by atoms with van der Waals surface area (Å²) in [4.78, 5) is 18.0. The lowest BCUT2D eigenvalue weighted by Crippen LogP contribution is -2.44. The lowest BCUT2D eigenvalue weighted by Gasteiger charge is -2.34. The van der Waals surface area contributed by atoms with Crippen molar-refractivity contribution in [1.82, 2.24) is 24.7 Å². The van der Waals surface area contributed by atoms with Crippen molar-refractivity contribution in [3.8, 4) is 0 Å². The molecule has 0 aliphatic carbocycles. The molecule has 6 rings (SSSR count). The first-order valence-electron chi connectivity index (χ1n) is 14.8. The number of halogens is 2. The third kappa shape index (κ3) is 6.44. The van der Waals surface area contributed by atoms with Gasteiger partial charge >= 0.3 is 0 Å². The molecule has 230 valence electrons. The van der Waals surface area contributed by atoms with Gasteiger partial charge in [-0.15, -0.1) is 0 Å². The Morgan fingerprint density at radius 3 is 2.56 bits per heavy atom. The number of Topliss-reactive ketones (excluding diaryl/α,β-unsaturated/α-hetero) is 1. The number of aromatic nitrogens is 2. The number of carbonyl (C=O) groups excluding carboxylic acids is 1. The lowest BCUT2D eigenvalue weighted by molar-refractivity contribution is 0.0992. The highest BCUT2D eigenvalue weighted by Gasteiger charge is 2.32. The maximum absolute atomic E-state index is 13.8. The first-order chi connectivity index (χ1) is 20.7. The van der Waals surface area contributed by atoms with Crippen molar-refractivity contribution in [1.29, 1.82) is 0 Å². The molecule has 2 fully saturated rings. The van der Waals surface area contributed by atoms with E-state index in [0.717, 1.165) is 74.8 Å². The molecule has 3 aliphatic heterocycles. The van der Waals surface area contributed by atoms with Crippen LogP contribution < -0.4 is 15.5 Å². The summed E-state index contributed by atoms with van der Waals surface area (Å²) in [5, 5.41) is 14.4. The van der Waals surface area contributed by atoms with Crippen LogP contribution in [0.4, 0.5) is 20.2 Å². The summed E-state index contributed by atoms with van der Waals surface area (Å²) in [7, 11) is -2.05. The van der Waals surface area contributed by atoms with E-state index < -0.39 is 26.6 Å². The van der Waals surface area contributed by atoms with Crippen LogP contribution in [-0.4, -0.2) is 92.5 Å². The van der Waals surface area contributed by atoms with E-state index in [4.69, 9.17) is 0 Å². The molecular weight excluding hydrogens is 576 g/mol. The maximum Gasteiger partial charge on any atom is 0.243 e. The van der Waals surface area contributed by atoms with Crippen molar-refractivity contribution in [2.24, 2.45) is 0 Å². The van der Waals surface area contributed by atoms with Gasteiger partial charge in [0.15, 0.2) is 5.78 Å². The number of nitrogens with zero attached hydrogens (tertiary/aromatic N) is 4. The van der Waals surface area contributed by atoms with Gasteiger partial charge in [0.1, 0.15) is 11.6 Å². The molecule has 0 bridgehead atoms. The predicted octanol–water partition coefficient (Wildman–Crippen LogP) is 2.78. The smallest absolute Gasteiger partial charge is 0.243 e. The van der Waals surface area contributed by atoms with Crippen LogP contribution in [0.5, 0.6) is 0 Å². The van der Waals surface area contributed by atoms with Crippen LogP contribution in [-0.2, 0) is 29.4 Å². The summed E-state index contributed by atoms with van der Waals surface area (Å²) < 4.78 is 55.3. The molecule has 0 unspecified atom stereocenters. The molecule has 1 aromatic heterocycles. The van der Waals surface area contributed by atoms with Gasteiger partial charge in [0.25, 0.3) is 0 Å². The number of benzene rings is 2. The van der Waals surface area contributed by atoms with Crippen molar-refractivity contribution >= 4 is 27.2 Å². The summed E-state index contributed by atoms with van der Waals surface area (Å²) in [6.07, 6.45) is 2.53. The minimum atomic E-state index is -4.16. The Kier molecular flexibility index (Phi) is 8.49. The average molecular weight is 614 g/mol. The number of fused-ring (bicyclic) bond motifs is 1. The van der Waals surface area contributed by atoms with E-state index in [-0.39, 0.29) is 25.3 Å². The Balaban J connectivity index is 1.22. The van der Waals surface area contributed by atoms with E-state index in [9.17, 15) is 22.0 Å². The third-order valence-electron chi connectivity index (χ3n) is 8.66. The van der Waals surface area contributed by atoms with Crippen LogP contribution in [0.2, 0.25) is 0 Å². The van der Waals surface area contributed by atoms with Gasteiger partial charge in [-0.3, -0.25) is 9.89 Å². The minimum Gasteiger partial charge on any atom is -0.383 e. The molecule has 0 radical (unpaired) electrons. The van der Waals surface area contributed by atoms with Crippen LogP contribution in [0.25, 0.3) is 0 Å². The molecular formula is C30H37F2N7O3S. The summed E-state index contributed by atoms with van der Waals surface area (Å²) in [6, 6.07) is 8.52. The Hall–Kier alpha value is -3.39. The molecule has 0 spiro atoms. The quantitative estimate of drug-likeness (QED) is 0.316. The zero-order chi connectivity index (χ0) is 30.1. The fraction of sp³-hybridized carbons (Fsp3) is 0.467. The van der Waals surface area contributed by atoms with Crippen molar-refractivity contribution in [3.63, 3.8) is 0 Å². The van der Waals surface area contributed by atoms with Crippen molar-refractivity contribution in [3.05, 3.63) is 70.5 Å². The van der Waals surface area contributed by atoms with Crippen LogP contribution in [0.3, 0.4) is 0 Å². The Bertz CT molecular complexity index is 1580. The number of ketones is 1. The topological polar surface area (TPSA) is 114 Å². The molecule has 0 amide bonds.